The van der Waals surface area contributed by atoms with Crippen LogP contribution in [0.4, 0.5) is 5.69 Å². The van der Waals surface area contributed by atoms with Gasteiger partial charge >= 0.3 is 7.60 Å². The smallest absolute Gasteiger partial charge is 0.350 e. The SMILES string of the molecule is N#Cc1c(Cl)nc2c(cnn2[C@@H]2O[C@H](COCP(=O)(O)O)[C@@H](O)[C@H]2O)c1NC1CCCC1. The summed E-state index contributed by atoms with van der Waals surface area (Å²) < 4.78 is 22.8. The van der Waals surface area contributed by atoms with Gasteiger partial charge in [0.2, 0.25) is 0 Å². The molecule has 1 saturated heterocycles. The number of aliphatic hydroxyl groups is 2. The largest absolute Gasteiger partial charge is 0.387 e. The highest BCUT2D eigenvalue weighted by Gasteiger charge is 2.45. The highest BCUT2D eigenvalue weighted by atomic mass is 35.5. The first-order valence-electron chi connectivity index (χ1n) is 10.1. The van der Waals surface area contributed by atoms with Crippen LogP contribution in [0.5, 0.6) is 0 Å². The molecule has 0 spiro atoms. The van der Waals surface area contributed by atoms with Crippen LogP contribution < -0.4 is 5.32 Å². The van der Waals surface area contributed by atoms with E-state index in [1.807, 2.05) is 0 Å². The predicted octanol–water partition coefficient (Wildman–Crippen LogP) is 1.08. The number of nitrogens with zero attached hydrogens (tertiary/aromatic N) is 4. The molecule has 174 valence electrons. The third kappa shape index (κ3) is 4.62. The van der Waals surface area contributed by atoms with Gasteiger partial charge < -0.3 is 34.8 Å². The topological polar surface area (TPSA) is 183 Å². The summed E-state index contributed by atoms with van der Waals surface area (Å²) in [6.45, 7) is -0.347. The van der Waals surface area contributed by atoms with Crippen molar-refractivity contribution < 1.29 is 34.0 Å². The van der Waals surface area contributed by atoms with Crippen LogP contribution >= 0.6 is 19.2 Å². The molecule has 4 atom stereocenters. The molecule has 0 aromatic carbocycles. The number of aromatic nitrogens is 3. The van der Waals surface area contributed by atoms with Crippen LogP contribution in [0.1, 0.15) is 37.5 Å². The van der Waals surface area contributed by atoms with Crippen molar-refractivity contribution in [2.75, 3.05) is 18.3 Å². The van der Waals surface area contributed by atoms with Gasteiger partial charge in [-0.25, -0.2) is 9.67 Å². The number of nitriles is 1. The number of rotatable bonds is 7. The van der Waals surface area contributed by atoms with E-state index in [1.165, 1.54) is 10.9 Å². The first-order chi connectivity index (χ1) is 15.2. The first-order valence-corrected chi connectivity index (χ1v) is 12.2. The van der Waals surface area contributed by atoms with Gasteiger partial charge in [-0.2, -0.15) is 10.4 Å². The predicted molar refractivity (Wildman–Crippen MR) is 112 cm³/mol. The molecule has 0 unspecified atom stereocenters. The van der Waals surface area contributed by atoms with Crippen LogP contribution in [0.25, 0.3) is 11.0 Å². The molecule has 32 heavy (non-hydrogen) atoms. The summed E-state index contributed by atoms with van der Waals surface area (Å²) in [5.74, 6) is 0. The number of fused-ring (bicyclic) bond motifs is 1. The van der Waals surface area contributed by atoms with Gasteiger partial charge in [0.25, 0.3) is 0 Å². The number of nitrogens with one attached hydrogen (secondary N) is 1. The lowest BCUT2D eigenvalue weighted by atomic mass is 10.1. The van der Waals surface area contributed by atoms with Crippen molar-refractivity contribution in [3.63, 3.8) is 0 Å². The van der Waals surface area contributed by atoms with E-state index in [1.54, 1.807) is 0 Å². The summed E-state index contributed by atoms with van der Waals surface area (Å²) >= 11 is 6.27. The average molecular weight is 488 g/mol. The lowest BCUT2D eigenvalue weighted by Crippen LogP contribution is -2.34. The fraction of sp³-hybridized carbons (Fsp3) is 0.611. The van der Waals surface area contributed by atoms with E-state index in [0.717, 1.165) is 25.7 Å². The molecule has 0 amide bonds. The van der Waals surface area contributed by atoms with Crippen molar-refractivity contribution in [3.05, 3.63) is 16.9 Å². The number of halogens is 1. The Labute approximate surface area is 187 Å². The molecule has 2 fully saturated rings. The molecule has 0 radical (unpaired) electrons. The number of pyridine rings is 1. The highest BCUT2D eigenvalue weighted by Crippen LogP contribution is 2.38. The average Bonchev–Trinajstić information content (AvgIpc) is 3.44. The monoisotopic (exact) mass is 487 g/mol. The molecule has 5 N–H and O–H groups in total. The third-order valence-electron chi connectivity index (χ3n) is 5.63. The van der Waals surface area contributed by atoms with Gasteiger partial charge in [-0.05, 0) is 12.8 Å². The lowest BCUT2D eigenvalue weighted by molar-refractivity contribution is -0.0658. The minimum atomic E-state index is -4.38. The minimum Gasteiger partial charge on any atom is -0.387 e. The minimum absolute atomic E-state index is 0.0307. The Morgan fingerprint density at radius 1 is 1.34 bits per heavy atom. The number of hydrogen-bond donors (Lipinski definition) is 5. The number of aliphatic hydroxyl groups excluding tert-OH is 2. The second-order valence-corrected chi connectivity index (χ2v) is 9.87. The van der Waals surface area contributed by atoms with Crippen molar-refractivity contribution in [2.24, 2.45) is 0 Å². The summed E-state index contributed by atoms with van der Waals surface area (Å²) in [6.07, 6.45) is -0.247. The molecule has 1 aliphatic heterocycles. The normalized spacial score (nSPS) is 26.6. The molecule has 1 saturated carbocycles. The molecule has 1 aliphatic carbocycles. The second-order valence-electron chi connectivity index (χ2n) is 7.93. The number of hydrogen-bond acceptors (Lipinski definition) is 9. The molecule has 0 bridgehead atoms. The Hall–Kier alpha value is -1.81. The van der Waals surface area contributed by atoms with E-state index >= 15 is 0 Å². The highest BCUT2D eigenvalue weighted by molar-refractivity contribution is 7.51. The Bertz CT molecular complexity index is 1080. The van der Waals surface area contributed by atoms with Crippen molar-refractivity contribution in [3.8, 4) is 6.07 Å². The molecule has 2 aromatic heterocycles. The van der Waals surface area contributed by atoms with E-state index in [0.29, 0.717) is 11.1 Å². The second kappa shape index (κ2) is 9.21. The Morgan fingerprint density at radius 3 is 2.72 bits per heavy atom. The van der Waals surface area contributed by atoms with Crippen LogP contribution in [0.15, 0.2) is 6.20 Å². The van der Waals surface area contributed by atoms with Crippen LogP contribution in [-0.2, 0) is 14.0 Å². The zero-order chi connectivity index (χ0) is 23.0. The molecular weight excluding hydrogens is 465 g/mol. The van der Waals surface area contributed by atoms with Crippen molar-refractivity contribution in [2.45, 2.75) is 56.3 Å². The maximum absolute atomic E-state index is 10.9. The fourth-order valence-electron chi connectivity index (χ4n) is 4.10. The fourth-order valence-corrected chi connectivity index (χ4v) is 4.66. The van der Waals surface area contributed by atoms with Crippen LogP contribution in [0.3, 0.4) is 0 Å². The van der Waals surface area contributed by atoms with Crippen LogP contribution in [0, 0.1) is 11.3 Å². The van der Waals surface area contributed by atoms with E-state index in [2.05, 4.69) is 21.5 Å². The van der Waals surface area contributed by atoms with Crippen molar-refractivity contribution in [1.82, 2.24) is 14.8 Å². The summed E-state index contributed by atoms with van der Waals surface area (Å²) in [6, 6.07) is 2.26. The zero-order valence-corrected chi connectivity index (χ0v) is 18.5. The maximum Gasteiger partial charge on any atom is 0.350 e. The maximum atomic E-state index is 10.9. The van der Waals surface area contributed by atoms with Gasteiger partial charge in [0.05, 0.1) is 23.9 Å². The van der Waals surface area contributed by atoms with Crippen molar-refractivity contribution in [1.29, 1.82) is 5.26 Å². The van der Waals surface area contributed by atoms with Crippen molar-refractivity contribution >= 4 is 35.9 Å². The molecule has 2 aromatic rings. The Balaban J connectivity index is 1.62. The zero-order valence-electron chi connectivity index (χ0n) is 16.8. The Kier molecular flexibility index (Phi) is 6.72. The summed E-state index contributed by atoms with van der Waals surface area (Å²) in [7, 11) is -4.38. The molecule has 2 aliphatic rings. The first kappa shape index (κ1) is 23.4. The van der Waals surface area contributed by atoms with Crippen LogP contribution in [-0.4, -0.2) is 72.1 Å². The molecule has 3 heterocycles. The summed E-state index contributed by atoms with van der Waals surface area (Å²) in [5, 5.41) is 38.5. The standard InChI is InChI=1S/C18H23ClN5O7P/c19-16-10(5-20)13(22-9-3-1-2-4-9)11-6-21-24(17(11)23-16)18-15(26)14(25)12(31-18)7-30-8-32(27,28)29/h6,9,12,14-15,18,25-26H,1-4,7-8H2,(H,22,23)(H2,27,28,29)/t12-,14-,15-,18-/m1/s1. The third-order valence-corrected chi connectivity index (χ3v) is 6.43. The lowest BCUT2D eigenvalue weighted by Gasteiger charge is -2.18. The Morgan fingerprint density at radius 2 is 2.06 bits per heavy atom. The van der Waals surface area contributed by atoms with Gasteiger partial charge in [0, 0.05) is 6.04 Å². The van der Waals surface area contributed by atoms with Gasteiger partial charge in [-0.1, -0.05) is 24.4 Å². The van der Waals surface area contributed by atoms with Gasteiger partial charge in [0.1, 0.15) is 36.3 Å². The number of ether oxygens (including phenoxy) is 2. The summed E-state index contributed by atoms with van der Waals surface area (Å²) in [4.78, 5) is 22.1. The van der Waals surface area contributed by atoms with E-state index in [9.17, 15) is 20.0 Å². The molecule has 12 nitrogen and oxygen atoms in total. The quantitative estimate of drug-likeness (QED) is 0.278. The summed E-state index contributed by atoms with van der Waals surface area (Å²) in [5.41, 5.74) is 0.958. The molecular formula is C18H23ClN5O7P. The van der Waals surface area contributed by atoms with E-state index in [-0.39, 0.29) is 29.0 Å². The van der Waals surface area contributed by atoms with Gasteiger partial charge in [-0.15, -0.1) is 0 Å². The molecule has 4 rings (SSSR count). The van der Waals surface area contributed by atoms with Crippen LogP contribution in [0.2, 0.25) is 5.15 Å². The number of anilines is 1. The van der Waals surface area contributed by atoms with E-state index < -0.39 is 38.5 Å². The van der Waals surface area contributed by atoms with E-state index in [4.69, 9.17) is 30.9 Å². The molecule has 14 heteroatoms. The van der Waals surface area contributed by atoms with Gasteiger partial charge in [-0.3, -0.25) is 4.57 Å². The van der Waals surface area contributed by atoms with Gasteiger partial charge in [0.15, 0.2) is 17.0 Å².